The molecule has 0 atom stereocenters. The molecule has 0 aliphatic heterocycles. The van der Waals surface area contributed by atoms with Crippen molar-refractivity contribution < 1.29 is 27.2 Å². The van der Waals surface area contributed by atoms with Gasteiger partial charge >= 0.3 is 18.2 Å². The van der Waals surface area contributed by atoms with E-state index in [2.05, 4.69) is 25.0 Å². The normalized spacial score (nSPS) is 11.4. The Balaban J connectivity index is 1.85. The molecule has 2 aromatic heterocycles. The van der Waals surface area contributed by atoms with Crippen LogP contribution in [0.1, 0.15) is 24.4 Å². The third kappa shape index (κ3) is 5.89. The van der Waals surface area contributed by atoms with Crippen LogP contribution < -0.4 is 5.32 Å². The fraction of sp³-hybridized carbons (Fsp3) is 0.429. The zero-order chi connectivity index (χ0) is 18.3. The number of alkyl carbamates (subject to hydrolysis) is 1. The molecular weight excluding hydrogens is 365 g/mol. The topological polar surface area (TPSA) is 90.1 Å². The number of pyridine rings is 1. The first-order valence-corrected chi connectivity index (χ1v) is 7.76. The van der Waals surface area contributed by atoms with Crippen LogP contribution in [0, 0.1) is 0 Å². The summed E-state index contributed by atoms with van der Waals surface area (Å²) in [5.74, 6) is -1.14. The summed E-state index contributed by atoms with van der Waals surface area (Å²) < 4.78 is 46.3. The van der Waals surface area contributed by atoms with Gasteiger partial charge in [0.15, 0.2) is 0 Å². The lowest BCUT2D eigenvalue weighted by Gasteiger charge is -2.06. The monoisotopic (exact) mass is 378 g/mol. The number of hydrogen-bond acceptors (Lipinski definition) is 6. The second kappa shape index (κ2) is 8.65. The molecule has 0 aliphatic rings. The van der Waals surface area contributed by atoms with Gasteiger partial charge in [0.1, 0.15) is 0 Å². The number of halogens is 4. The van der Waals surface area contributed by atoms with Crippen LogP contribution in [-0.4, -0.2) is 33.7 Å². The van der Waals surface area contributed by atoms with E-state index < -0.39 is 18.2 Å². The van der Waals surface area contributed by atoms with E-state index in [9.17, 15) is 18.0 Å². The molecule has 7 nitrogen and oxygen atoms in total. The largest absolute Gasteiger partial charge is 0.471 e. The van der Waals surface area contributed by atoms with E-state index in [1.54, 1.807) is 0 Å². The van der Waals surface area contributed by atoms with Gasteiger partial charge in [0.2, 0.25) is 5.82 Å². The molecule has 2 aromatic rings. The Morgan fingerprint density at radius 1 is 1.32 bits per heavy atom. The predicted molar refractivity (Wildman–Crippen MR) is 80.7 cm³/mol. The van der Waals surface area contributed by atoms with Crippen LogP contribution >= 0.6 is 11.6 Å². The fourth-order valence-electron chi connectivity index (χ4n) is 1.69. The Kier molecular flexibility index (Phi) is 6.57. The van der Waals surface area contributed by atoms with Gasteiger partial charge in [-0.3, -0.25) is 4.98 Å². The smallest absolute Gasteiger partial charge is 0.450 e. The third-order valence-electron chi connectivity index (χ3n) is 2.93. The van der Waals surface area contributed by atoms with Crippen molar-refractivity contribution in [3.8, 4) is 11.4 Å². The van der Waals surface area contributed by atoms with Gasteiger partial charge in [-0.15, -0.1) is 11.6 Å². The maximum Gasteiger partial charge on any atom is 0.471 e. The zero-order valence-electron chi connectivity index (χ0n) is 12.8. The van der Waals surface area contributed by atoms with Gasteiger partial charge in [0.25, 0.3) is 0 Å². The highest BCUT2D eigenvalue weighted by molar-refractivity contribution is 6.17. The summed E-state index contributed by atoms with van der Waals surface area (Å²) in [5.41, 5.74) is 0.743. The van der Waals surface area contributed by atoms with Crippen molar-refractivity contribution in [2.24, 2.45) is 0 Å². The number of unbranched alkanes of at least 4 members (excludes halogenated alkanes) is 1. The van der Waals surface area contributed by atoms with Crippen LogP contribution in [0.15, 0.2) is 22.9 Å². The van der Waals surface area contributed by atoms with E-state index in [0.29, 0.717) is 18.0 Å². The van der Waals surface area contributed by atoms with E-state index in [4.69, 9.17) is 16.3 Å². The number of amides is 1. The van der Waals surface area contributed by atoms with Crippen LogP contribution in [0.3, 0.4) is 0 Å². The first kappa shape index (κ1) is 19.0. The Morgan fingerprint density at radius 2 is 2.12 bits per heavy atom. The number of carbonyl (C=O) groups is 1. The molecular formula is C14H14ClF3N4O3. The van der Waals surface area contributed by atoms with Crippen molar-refractivity contribution in [3.05, 3.63) is 29.9 Å². The minimum Gasteiger partial charge on any atom is -0.450 e. The standard InChI is InChI=1S/C14H14ClF3N4O3/c15-5-1-2-6-24-13(23)20-8-10-4-3-9(7-19-10)11-21-12(25-22-11)14(16,17)18/h3-4,7H,1-2,5-6,8H2,(H,20,23). The van der Waals surface area contributed by atoms with Crippen LogP contribution in [0.4, 0.5) is 18.0 Å². The molecule has 1 amide bonds. The number of rotatable bonds is 7. The summed E-state index contributed by atoms with van der Waals surface area (Å²) in [6, 6.07) is 2.99. The van der Waals surface area contributed by atoms with Gasteiger partial charge in [-0.2, -0.15) is 18.2 Å². The first-order chi connectivity index (χ1) is 11.9. The maximum atomic E-state index is 12.4. The Bertz CT molecular complexity index is 691. The molecule has 0 saturated carbocycles. The predicted octanol–water partition coefficient (Wildman–Crippen LogP) is 3.40. The van der Waals surface area contributed by atoms with Crippen molar-refractivity contribution >= 4 is 17.7 Å². The average Bonchev–Trinajstić information content (AvgIpc) is 3.08. The zero-order valence-corrected chi connectivity index (χ0v) is 13.6. The summed E-state index contributed by atoms with van der Waals surface area (Å²) in [4.78, 5) is 18.7. The van der Waals surface area contributed by atoms with E-state index in [1.165, 1.54) is 18.3 Å². The second-order valence-corrected chi connectivity index (χ2v) is 5.22. The number of alkyl halides is 4. The molecule has 0 bridgehead atoms. The molecule has 1 N–H and O–H groups in total. The van der Waals surface area contributed by atoms with Crippen molar-refractivity contribution in [2.45, 2.75) is 25.6 Å². The highest BCUT2D eigenvalue weighted by Gasteiger charge is 2.38. The molecule has 2 rings (SSSR count). The lowest BCUT2D eigenvalue weighted by Crippen LogP contribution is -2.24. The van der Waals surface area contributed by atoms with Crippen molar-refractivity contribution in [2.75, 3.05) is 12.5 Å². The average molecular weight is 379 g/mol. The van der Waals surface area contributed by atoms with Crippen LogP contribution in [0.5, 0.6) is 0 Å². The Labute approximate surface area is 145 Å². The van der Waals surface area contributed by atoms with E-state index in [-0.39, 0.29) is 24.5 Å². The lowest BCUT2D eigenvalue weighted by atomic mass is 10.2. The molecule has 25 heavy (non-hydrogen) atoms. The van der Waals surface area contributed by atoms with Gasteiger partial charge in [-0.05, 0) is 25.0 Å². The SMILES string of the molecule is O=C(NCc1ccc(-c2noc(C(F)(F)F)n2)cn1)OCCCCCl. The number of nitrogens with zero attached hydrogens (tertiary/aromatic N) is 3. The molecule has 0 radical (unpaired) electrons. The van der Waals surface area contributed by atoms with Gasteiger partial charge in [0.05, 0.1) is 18.8 Å². The van der Waals surface area contributed by atoms with E-state index in [0.717, 1.165) is 6.42 Å². The number of carbonyl (C=O) groups excluding carboxylic acids is 1. The molecule has 11 heteroatoms. The van der Waals surface area contributed by atoms with Crippen LogP contribution in [-0.2, 0) is 17.5 Å². The molecule has 0 spiro atoms. The van der Waals surface area contributed by atoms with E-state index >= 15 is 0 Å². The highest BCUT2D eigenvalue weighted by atomic mass is 35.5. The molecule has 0 aliphatic carbocycles. The number of nitrogens with one attached hydrogen (secondary N) is 1. The molecule has 0 fully saturated rings. The summed E-state index contributed by atoms with van der Waals surface area (Å²) in [6.45, 7) is 0.374. The summed E-state index contributed by atoms with van der Waals surface area (Å²) in [7, 11) is 0. The molecule has 2 heterocycles. The lowest BCUT2D eigenvalue weighted by molar-refractivity contribution is -0.159. The first-order valence-electron chi connectivity index (χ1n) is 7.23. The minimum atomic E-state index is -4.70. The summed E-state index contributed by atoms with van der Waals surface area (Å²) >= 11 is 5.50. The molecule has 0 unspecified atom stereocenters. The van der Waals surface area contributed by atoms with E-state index in [1.807, 2.05) is 0 Å². The molecule has 0 saturated heterocycles. The number of ether oxygens (including phenoxy) is 1. The van der Waals surface area contributed by atoms with Crippen LogP contribution in [0.25, 0.3) is 11.4 Å². The van der Waals surface area contributed by atoms with Crippen molar-refractivity contribution in [1.82, 2.24) is 20.4 Å². The number of hydrogen-bond donors (Lipinski definition) is 1. The summed E-state index contributed by atoms with van der Waals surface area (Å²) in [6.07, 6.45) is -2.58. The molecule has 136 valence electrons. The maximum absolute atomic E-state index is 12.4. The third-order valence-corrected chi connectivity index (χ3v) is 3.19. The summed E-state index contributed by atoms with van der Waals surface area (Å²) in [5, 5.41) is 5.76. The second-order valence-electron chi connectivity index (χ2n) is 4.84. The Hall–Kier alpha value is -2.36. The van der Waals surface area contributed by atoms with Crippen molar-refractivity contribution in [1.29, 1.82) is 0 Å². The number of aromatic nitrogens is 3. The highest BCUT2D eigenvalue weighted by Crippen LogP contribution is 2.29. The minimum absolute atomic E-state index is 0.106. The quantitative estimate of drug-likeness (QED) is 0.586. The van der Waals surface area contributed by atoms with Gasteiger partial charge in [-0.25, -0.2) is 4.79 Å². The van der Waals surface area contributed by atoms with Crippen molar-refractivity contribution in [3.63, 3.8) is 0 Å². The Morgan fingerprint density at radius 3 is 2.72 bits per heavy atom. The van der Waals surface area contributed by atoms with Gasteiger partial charge < -0.3 is 14.6 Å². The van der Waals surface area contributed by atoms with Gasteiger partial charge in [-0.1, -0.05) is 5.16 Å². The fourth-order valence-corrected chi connectivity index (χ4v) is 1.88. The molecule has 0 aromatic carbocycles. The van der Waals surface area contributed by atoms with Gasteiger partial charge in [0, 0.05) is 17.6 Å². The van der Waals surface area contributed by atoms with Crippen LogP contribution in [0.2, 0.25) is 0 Å².